The summed E-state index contributed by atoms with van der Waals surface area (Å²) < 4.78 is 6.61. The minimum atomic E-state index is 0.163. The number of hydrogen-bond acceptors (Lipinski definition) is 1. The lowest BCUT2D eigenvalue weighted by atomic mass is 10.1. The van der Waals surface area contributed by atoms with Crippen LogP contribution in [-0.4, -0.2) is 6.61 Å². The summed E-state index contributed by atoms with van der Waals surface area (Å²) in [6.45, 7) is 2.86. The van der Waals surface area contributed by atoms with E-state index in [1.54, 1.807) is 0 Å². The number of alkyl halides is 1. The molecule has 3 heteroatoms. The Bertz CT molecular complexity index is 363. The summed E-state index contributed by atoms with van der Waals surface area (Å²) in [5.41, 5.74) is 1.19. The lowest BCUT2D eigenvalue weighted by molar-refractivity contribution is 0.315. The zero-order valence-corrected chi connectivity index (χ0v) is 11.7. The minimum Gasteiger partial charge on any atom is -0.492 e. The van der Waals surface area contributed by atoms with Crippen molar-refractivity contribution in [1.29, 1.82) is 0 Å². The monoisotopic (exact) mass is 302 g/mol. The van der Waals surface area contributed by atoms with E-state index in [1.165, 1.54) is 18.4 Å². The van der Waals surface area contributed by atoms with Crippen LogP contribution in [0.4, 0.5) is 0 Å². The molecule has 1 nitrogen and oxygen atoms in total. The smallest absolute Gasteiger partial charge is 0.133 e. The van der Waals surface area contributed by atoms with Gasteiger partial charge in [0.25, 0.3) is 0 Å². The van der Waals surface area contributed by atoms with Gasteiger partial charge in [0.1, 0.15) is 5.75 Å². The van der Waals surface area contributed by atoms with Crippen LogP contribution in [0.2, 0.25) is 0 Å². The molecule has 0 N–H and O–H groups in total. The van der Waals surface area contributed by atoms with Gasteiger partial charge < -0.3 is 4.74 Å². The molecule has 2 rings (SSSR count). The predicted octanol–water partition coefficient (Wildman–Crippen LogP) is 4.93. The lowest BCUT2D eigenvalue weighted by Gasteiger charge is -2.12. The molecule has 0 amide bonds. The van der Waals surface area contributed by atoms with E-state index in [1.807, 2.05) is 6.07 Å². The normalized spacial score (nSPS) is 17.2. The Kier molecular flexibility index (Phi) is 4.15. The fourth-order valence-corrected chi connectivity index (χ4v) is 2.58. The van der Waals surface area contributed by atoms with Crippen LogP contribution in [0.5, 0.6) is 5.75 Å². The molecule has 1 atom stereocenters. The Balaban J connectivity index is 2.08. The number of rotatable bonds is 5. The third-order valence-corrected chi connectivity index (χ3v) is 4.00. The maximum Gasteiger partial charge on any atom is 0.133 e. The maximum atomic E-state index is 6.37. The summed E-state index contributed by atoms with van der Waals surface area (Å²) in [5.74, 6) is 1.58. The average molecular weight is 304 g/mol. The van der Waals surface area contributed by atoms with Crippen molar-refractivity contribution in [3.63, 3.8) is 0 Å². The van der Waals surface area contributed by atoms with Crippen LogP contribution in [0.1, 0.15) is 37.1 Å². The third-order valence-electron chi connectivity index (χ3n) is 2.77. The Morgan fingerprint density at radius 2 is 2.25 bits per heavy atom. The molecule has 0 aliphatic heterocycles. The van der Waals surface area contributed by atoms with Crippen LogP contribution < -0.4 is 4.74 Å². The molecule has 0 aromatic heterocycles. The SMILES string of the molecule is CCCOc1ccc(C(Cl)C2CC2)cc1Br. The second-order valence-electron chi connectivity index (χ2n) is 4.28. The first-order valence-electron chi connectivity index (χ1n) is 5.78. The molecule has 0 heterocycles. The van der Waals surface area contributed by atoms with Crippen molar-refractivity contribution in [1.82, 2.24) is 0 Å². The van der Waals surface area contributed by atoms with E-state index in [2.05, 4.69) is 35.0 Å². The second-order valence-corrected chi connectivity index (χ2v) is 5.60. The third kappa shape index (κ3) is 2.92. The fraction of sp³-hybridized carbons (Fsp3) is 0.538. The van der Waals surface area contributed by atoms with Crippen molar-refractivity contribution in [2.24, 2.45) is 5.92 Å². The Labute approximate surface area is 110 Å². The average Bonchev–Trinajstić information content (AvgIpc) is 3.10. The van der Waals surface area contributed by atoms with Gasteiger partial charge in [-0.3, -0.25) is 0 Å². The molecule has 1 aliphatic rings. The van der Waals surface area contributed by atoms with Crippen molar-refractivity contribution in [3.8, 4) is 5.75 Å². The van der Waals surface area contributed by atoms with E-state index in [0.29, 0.717) is 5.92 Å². The zero-order chi connectivity index (χ0) is 11.5. The topological polar surface area (TPSA) is 9.23 Å². The van der Waals surface area contributed by atoms with Crippen molar-refractivity contribution in [2.45, 2.75) is 31.6 Å². The van der Waals surface area contributed by atoms with Crippen LogP contribution in [0.3, 0.4) is 0 Å². The first kappa shape index (κ1) is 12.3. The van der Waals surface area contributed by atoms with Gasteiger partial charge in [-0.25, -0.2) is 0 Å². The van der Waals surface area contributed by atoms with Gasteiger partial charge >= 0.3 is 0 Å². The van der Waals surface area contributed by atoms with E-state index in [0.717, 1.165) is 23.2 Å². The quantitative estimate of drug-likeness (QED) is 0.701. The van der Waals surface area contributed by atoms with Crippen LogP contribution >= 0.6 is 27.5 Å². The molecule has 1 aliphatic carbocycles. The van der Waals surface area contributed by atoms with Crippen molar-refractivity contribution in [2.75, 3.05) is 6.61 Å². The highest BCUT2D eigenvalue weighted by Gasteiger charge is 2.30. The van der Waals surface area contributed by atoms with Crippen LogP contribution in [0, 0.1) is 5.92 Å². The Morgan fingerprint density at radius 1 is 1.50 bits per heavy atom. The summed E-state index contributed by atoms with van der Waals surface area (Å²) in [6.07, 6.45) is 3.55. The molecule has 1 unspecified atom stereocenters. The first-order chi connectivity index (χ1) is 7.72. The van der Waals surface area contributed by atoms with Gasteiger partial charge in [0.15, 0.2) is 0 Å². The van der Waals surface area contributed by atoms with Crippen LogP contribution in [0.15, 0.2) is 22.7 Å². The van der Waals surface area contributed by atoms with Gasteiger partial charge in [-0.2, -0.15) is 0 Å². The molecule has 1 aromatic carbocycles. The van der Waals surface area contributed by atoms with Gasteiger partial charge in [-0.1, -0.05) is 13.0 Å². The number of hydrogen-bond donors (Lipinski definition) is 0. The highest BCUT2D eigenvalue weighted by Crippen LogP contribution is 2.46. The highest BCUT2D eigenvalue weighted by atomic mass is 79.9. The van der Waals surface area contributed by atoms with Gasteiger partial charge in [-0.05, 0) is 58.8 Å². The molecule has 0 saturated heterocycles. The number of halogens is 2. The van der Waals surface area contributed by atoms with E-state index in [9.17, 15) is 0 Å². The van der Waals surface area contributed by atoms with Crippen LogP contribution in [-0.2, 0) is 0 Å². The molecular formula is C13H16BrClO. The molecule has 0 radical (unpaired) electrons. The standard InChI is InChI=1S/C13H16BrClO/c1-2-7-16-12-6-5-10(8-11(12)14)13(15)9-3-4-9/h5-6,8-9,13H,2-4,7H2,1H3. The van der Waals surface area contributed by atoms with Crippen molar-refractivity contribution < 1.29 is 4.74 Å². The molecule has 1 fully saturated rings. The van der Waals surface area contributed by atoms with Crippen molar-refractivity contribution in [3.05, 3.63) is 28.2 Å². The number of benzene rings is 1. The van der Waals surface area contributed by atoms with Crippen LogP contribution in [0.25, 0.3) is 0 Å². The van der Waals surface area contributed by atoms with Gasteiger partial charge in [0.2, 0.25) is 0 Å². The molecule has 0 spiro atoms. The first-order valence-corrected chi connectivity index (χ1v) is 7.01. The van der Waals surface area contributed by atoms with E-state index in [4.69, 9.17) is 16.3 Å². The molecule has 1 aromatic rings. The molecule has 0 bridgehead atoms. The lowest BCUT2D eigenvalue weighted by Crippen LogP contribution is -1.98. The molecule has 16 heavy (non-hydrogen) atoms. The van der Waals surface area contributed by atoms with E-state index < -0.39 is 0 Å². The molecule has 1 saturated carbocycles. The van der Waals surface area contributed by atoms with E-state index in [-0.39, 0.29) is 5.38 Å². The minimum absolute atomic E-state index is 0.163. The Hall–Kier alpha value is -0.210. The summed E-state index contributed by atoms with van der Waals surface area (Å²) in [4.78, 5) is 0. The molecular weight excluding hydrogens is 287 g/mol. The summed E-state index contributed by atoms with van der Waals surface area (Å²) in [7, 11) is 0. The number of ether oxygens (including phenoxy) is 1. The summed E-state index contributed by atoms with van der Waals surface area (Å²) in [5, 5.41) is 0.163. The maximum absolute atomic E-state index is 6.37. The van der Waals surface area contributed by atoms with Gasteiger partial charge in [-0.15, -0.1) is 11.6 Å². The summed E-state index contributed by atoms with van der Waals surface area (Å²) >= 11 is 9.90. The van der Waals surface area contributed by atoms with Gasteiger partial charge in [0.05, 0.1) is 16.5 Å². The fourth-order valence-electron chi connectivity index (χ4n) is 1.68. The summed E-state index contributed by atoms with van der Waals surface area (Å²) in [6, 6.07) is 6.17. The largest absolute Gasteiger partial charge is 0.492 e. The van der Waals surface area contributed by atoms with Gasteiger partial charge in [0, 0.05) is 0 Å². The highest BCUT2D eigenvalue weighted by molar-refractivity contribution is 9.10. The van der Waals surface area contributed by atoms with Crippen molar-refractivity contribution >= 4 is 27.5 Å². The molecule has 88 valence electrons. The predicted molar refractivity (Wildman–Crippen MR) is 71.2 cm³/mol. The van der Waals surface area contributed by atoms with E-state index >= 15 is 0 Å². The second kappa shape index (κ2) is 5.42. The zero-order valence-electron chi connectivity index (χ0n) is 9.38. The Morgan fingerprint density at radius 3 is 2.81 bits per heavy atom.